The molecule has 7 aromatic carbocycles. The molecule has 0 unspecified atom stereocenters. The van der Waals surface area contributed by atoms with Gasteiger partial charge < -0.3 is 63.8 Å². The van der Waals surface area contributed by atoms with Gasteiger partial charge in [0.25, 0.3) is 0 Å². The number of rotatable bonds is 11. The maximum atomic E-state index is 12.4. The number of aromatic nitrogens is 12. The number of pyridine rings is 4. The number of aliphatic hydroxyl groups excluding tert-OH is 1. The molecule has 3 aliphatic rings. The number of benzene rings is 7. The fourth-order valence-electron chi connectivity index (χ4n) is 14.4. The Bertz CT molecular complexity index is 6320. The molecule has 0 bridgehead atoms. The van der Waals surface area contributed by atoms with Gasteiger partial charge in [-0.2, -0.15) is 20.4 Å². The standard InChI is InChI=1S/C30H34N4O3.C19H15N3O.C14H19BN2O2.C13H10ClN3O.C11H21NO3.C6H7BO2.C5H3BrClNO.3CH4/c1-20-25-16-23(10-11-27(25)33-32-20)26-17-24(18-31-28(26)22-8-6-5-7-9-22)36-19-21-12-14-34(15-13-21)29(35)37-30(2,3)4;1-12-16-9-14(7-8-18(16)22-21-12)17-10-15(23)11-20-19(17)13-5-3-2-4-6-13;1-9-11-8-10(6-7-12(11)17-16-9)15-18-13(2,3)14(4,5)19-15;1-7-10-4-8(2-3-12(10)17-16-7)11-5-9(18)6-15-13(11)14;1-11(2,3)15-10(14)12-6-4-9(8-13)5-7-12;8-7(9)6-4-2-1-3-5-6;6-4-1-3(9)2-8-5(4)7;;;/h5-11,16-18,21H,12-15,19H2,1-4H3,(H,32,33);2-11,23H,1H3,(H,21,22);6-8H,1-5H3,(H,16,17);2-6,18H,1H3,(H,16,17);9,13H,4-8H2,1-3H3;1-5,8-9H;1-2,9H;3*1H4. The zero-order valence-electron chi connectivity index (χ0n) is 75.2. The summed E-state index contributed by atoms with van der Waals surface area (Å²) in [4.78, 5) is 44.4. The van der Waals surface area contributed by atoms with Crippen molar-refractivity contribution in [1.82, 2.24) is 70.5 Å². The molecule has 8 aromatic heterocycles. The number of hydrogen-bond acceptors (Lipinski definition) is 21. The molecular formula is C101H121B2BrCl2N14O13. The molecule has 133 heavy (non-hydrogen) atoms. The van der Waals surface area contributed by atoms with Gasteiger partial charge in [-0.1, -0.05) is 167 Å². The first-order chi connectivity index (χ1) is 61.9. The summed E-state index contributed by atoms with van der Waals surface area (Å²) in [6.45, 7) is 31.1. The number of likely N-dealkylation sites (tertiary alicyclic amines) is 2. The van der Waals surface area contributed by atoms with Gasteiger partial charge in [-0.05, 0) is 245 Å². The second-order valence-corrected chi connectivity index (χ2v) is 36.5. The minimum Gasteiger partial charge on any atom is -0.506 e. The number of carbonyl (C=O) groups is 2. The molecule has 3 aliphatic heterocycles. The predicted molar refractivity (Wildman–Crippen MR) is 537 cm³/mol. The van der Waals surface area contributed by atoms with E-state index in [-0.39, 0.29) is 76.6 Å². The number of ether oxygens (including phenoxy) is 3. The van der Waals surface area contributed by atoms with Gasteiger partial charge in [-0.15, -0.1) is 0 Å². The van der Waals surface area contributed by atoms with Crippen LogP contribution in [-0.2, 0) is 18.8 Å². The van der Waals surface area contributed by atoms with Gasteiger partial charge in [-0.25, -0.2) is 19.6 Å². The lowest BCUT2D eigenvalue weighted by atomic mass is 9.78. The SMILES string of the molecule is C.C.C.CC(C)(C)OC(=O)N1CCC(CO)CC1.Cc1[nH]nc2ccc(-c3cc(O)cnc3-c3ccccc3)cc12.Cc1[nH]nc2ccc(-c3cc(O)cnc3Cl)cc12.Cc1[nH]nc2ccc(-c3cc(OCC4CCN(C(=O)OC(C)(C)C)CC4)cnc3-c3ccccc3)cc12.Cc1[nH]nc2ccc(B3OC(C)(C)C(C)(C)O3)cc12.OB(O)c1ccccc1.Oc1cnc(Cl)c(Br)c1. The number of H-pyrrole nitrogens is 4. The highest BCUT2D eigenvalue weighted by Crippen LogP contribution is 2.40. The monoisotopic (exact) mass is 1910 g/mol. The van der Waals surface area contributed by atoms with Crippen LogP contribution in [0.1, 0.15) is 140 Å². The van der Waals surface area contributed by atoms with Gasteiger partial charge >= 0.3 is 26.4 Å². The van der Waals surface area contributed by atoms with Crippen LogP contribution in [0.25, 0.3) is 99.5 Å². The summed E-state index contributed by atoms with van der Waals surface area (Å²) < 4.78 is 29.8. The lowest BCUT2D eigenvalue weighted by Gasteiger charge is -2.33. The third kappa shape index (κ3) is 27.9. The summed E-state index contributed by atoms with van der Waals surface area (Å²) in [5.74, 6) is 1.83. The van der Waals surface area contributed by atoms with Gasteiger partial charge in [0, 0.05) is 105 Å². The molecule has 10 N–H and O–H groups in total. The second-order valence-electron chi connectivity index (χ2n) is 34.9. The van der Waals surface area contributed by atoms with E-state index in [0.29, 0.717) is 70.4 Å². The highest BCUT2D eigenvalue weighted by molar-refractivity contribution is 9.10. The Morgan fingerprint density at radius 2 is 0.835 bits per heavy atom. The van der Waals surface area contributed by atoms with E-state index in [2.05, 4.69) is 142 Å². The number of hydrogen-bond donors (Lipinski definition) is 10. The number of aryl methyl sites for hydroxylation is 4. The van der Waals surface area contributed by atoms with Gasteiger partial charge in [0.1, 0.15) is 44.5 Å². The summed E-state index contributed by atoms with van der Waals surface area (Å²) in [6.07, 6.45) is 8.94. The lowest BCUT2D eigenvalue weighted by Crippen LogP contribution is -2.42. The Balaban J connectivity index is 0.000000182. The van der Waals surface area contributed by atoms with Crippen molar-refractivity contribution in [3.63, 3.8) is 0 Å². The maximum absolute atomic E-state index is 12.4. The van der Waals surface area contributed by atoms with Crippen molar-refractivity contribution in [2.24, 2.45) is 11.8 Å². The number of fused-ring (bicyclic) bond motifs is 4. The molecule has 3 fully saturated rings. The third-order valence-electron chi connectivity index (χ3n) is 22.3. The first-order valence-corrected chi connectivity index (χ1v) is 44.3. The Morgan fingerprint density at radius 1 is 0.474 bits per heavy atom. The Morgan fingerprint density at radius 3 is 1.23 bits per heavy atom. The molecule has 32 heteroatoms. The third-order valence-corrected chi connectivity index (χ3v) is 23.7. The van der Waals surface area contributed by atoms with E-state index in [1.807, 2.05) is 179 Å². The second kappa shape index (κ2) is 46.4. The molecule has 2 amide bonds. The summed E-state index contributed by atoms with van der Waals surface area (Å²) in [7, 11) is -1.66. The van der Waals surface area contributed by atoms with Crippen LogP contribution in [0.4, 0.5) is 9.59 Å². The maximum Gasteiger partial charge on any atom is 0.494 e. The van der Waals surface area contributed by atoms with E-state index in [1.54, 1.807) is 46.2 Å². The van der Waals surface area contributed by atoms with Crippen molar-refractivity contribution in [2.75, 3.05) is 39.4 Å². The van der Waals surface area contributed by atoms with Crippen LogP contribution in [0.5, 0.6) is 23.0 Å². The van der Waals surface area contributed by atoms with Crippen molar-refractivity contribution >= 4 is 120 Å². The van der Waals surface area contributed by atoms with Crippen molar-refractivity contribution in [3.8, 4) is 78.9 Å². The molecule has 27 nitrogen and oxygen atoms in total. The van der Waals surface area contributed by atoms with Crippen LogP contribution in [-0.4, -0.2) is 189 Å². The number of nitrogens with zero attached hydrogens (tertiary/aromatic N) is 10. The molecule has 700 valence electrons. The fourth-order valence-corrected chi connectivity index (χ4v) is 15.0. The summed E-state index contributed by atoms with van der Waals surface area (Å²) in [5, 5.41) is 88.4. The van der Waals surface area contributed by atoms with Gasteiger partial charge in [0.15, 0.2) is 0 Å². The first kappa shape index (κ1) is 104. The van der Waals surface area contributed by atoms with Gasteiger partial charge in [0.2, 0.25) is 0 Å². The zero-order chi connectivity index (χ0) is 93.4. The molecule has 0 atom stereocenters. The van der Waals surface area contributed by atoms with Crippen LogP contribution >= 0.6 is 39.1 Å². The number of halogens is 3. The van der Waals surface area contributed by atoms with Crippen molar-refractivity contribution in [2.45, 2.75) is 167 Å². The molecule has 15 aromatic rings. The first-order valence-electron chi connectivity index (χ1n) is 42.8. The molecule has 0 aliphatic carbocycles. The van der Waals surface area contributed by atoms with E-state index in [4.69, 9.17) is 72.0 Å². The normalized spacial score (nSPS) is 13.9. The molecule has 18 rings (SSSR count). The van der Waals surface area contributed by atoms with Crippen LogP contribution < -0.4 is 15.7 Å². The van der Waals surface area contributed by atoms with Crippen molar-refractivity contribution in [3.05, 3.63) is 250 Å². The molecule has 3 saturated heterocycles. The smallest absolute Gasteiger partial charge is 0.494 e. The van der Waals surface area contributed by atoms with Crippen LogP contribution in [0, 0.1) is 39.5 Å². The minimum absolute atomic E-state index is 0. The topological polar surface area (TPSA) is 374 Å². The van der Waals surface area contributed by atoms with E-state index >= 15 is 0 Å². The molecule has 0 radical (unpaired) electrons. The molecule has 0 spiro atoms. The summed E-state index contributed by atoms with van der Waals surface area (Å²) in [5.41, 5.74) is 17.4. The molecule has 0 saturated carbocycles. The zero-order valence-corrected chi connectivity index (χ0v) is 78.3. The van der Waals surface area contributed by atoms with Crippen LogP contribution in [0.3, 0.4) is 0 Å². The number of amides is 2. The Kier molecular flexibility index (Phi) is 36.5. The van der Waals surface area contributed by atoms with E-state index in [9.17, 15) is 19.8 Å². The lowest BCUT2D eigenvalue weighted by molar-refractivity contribution is 0.00578. The van der Waals surface area contributed by atoms with Crippen molar-refractivity contribution < 1.29 is 63.6 Å². The average molecular weight is 1910 g/mol. The predicted octanol–water partition coefficient (Wildman–Crippen LogP) is 21.5. The number of aliphatic hydroxyl groups is 1. The highest BCUT2D eigenvalue weighted by Gasteiger charge is 2.52. The van der Waals surface area contributed by atoms with E-state index in [0.717, 1.165) is 154 Å². The Labute approximate surface area is 796 Å². The summed E-state index contributed by atoms with van der Waals surface area (Å²) in [6, 6.07) is 60.0. The van der Waals surface area contributed by atoms with Gasteiger partial charge in [0.05, 0.1) is 80.5 Å². The van der Waals surface area contributed by atoms with Crippen LogP contribution in [0.15, 0.2) is 217 Å². The number of nitrogens with one attached hydrogen (secondary N) is 4. The summed E-state index contributed by atoms with van der Waals surface area (Å²) >= 11 is 14.7. The van der Waals surface area contributed by atoms with Crippen molar-refractivity contribution in [1.29, 1.82) is 0 Å². The number of aromatic hydroxyl groups is 3. The molecule has 11 heterocycles. The van der Waals surface area contributed by atoms with Gasteiger partial charge in [-0.3, -0.25) is 30.4 Å². The Hall–Kier alpha value is -12.3. The van der Waals surface area contributed by atoms with Crippen LogP contribution in [0.2, 0.25) is 10.3 Å². The minimum atomic E-state index is -1.34. The van der Waals surface area contributed by atoms with E-state index < -0.39 is 18.3 Å². The average Bonchev–Trinajstić information content (AvgIpc) is 1.62. The molecular weight excluding hydrogens is 1790 g/mol. The fraction of sp³-hybridized carbons (Fsp3) is 0.327. The number of piperidine rings is 2. The highest BCUT2D eigenvalue weighted by atomic mass is 79.9. The quantitative estimate of drug-likeness (QED) is 0.0425. The largest absolute Gasteiger partial charge is 0.506 e. The number of carbonyl (C=O) groups excluding carboxylic acids is 2. The van der Waals surface area contributed by atoms with E-state index in [1.165, 1.54) is 24.7 Å². The number of aromatic amines is 4.